The summed E-state index contributed by atoms with van der Waals surface area (Å²) in [6.45, 7) is 9.59. The van der Waals surface area contributed by atoms with E-state index in [-0.39, 0.29) is 24.0 Å². The first-order chi connectivity index (χ1) is 13.2. The van der Waals surface area contributed by atoms with Crippen LogP contribution in [-0.2, 0) is 4.74 Å². The normalized spacial score (nSPS) is 15.0. The molecule has 5 nitrogen and oxygen atoms in total. The van der Waals surface area contributed by atoms with Crippen molar-refractivity contribution in [3.05, 3.63) is 29.8 Å². The van der Waals surface area contributed by atoms with Gasteiger partial charge in [-0.05, 0) is 64.0 Å². The van der Waals surface area contributed by atoms with Gasteiger partial charge < -0.3 is 19.7 Å². The number of aryl methyl sites for hydroxylation is 1. The largest absolute Gasteiger partial charge is 0.494 e. The van der Waals surface area contributed by atoms with E-state index in [2.05, 4.69) is 43.2 Å². The topological polar surface area (TPSA) is 46.1 Å². The summed E-state index contributed by atoms with van der Waals surface area (Å²) >= 11 is 0. The molecule has 0 unspecified atom stereocenters. The highest BCUT2D eigenvalue weighted by Crippen LogP contribution is 2.18. The van der Waals surface area contributed by atoms with Crippen LogP contribution in [0.3, 0.4) is 0 Å². The smallest absolute Gasteiger partial charge is 0.193 e. The van der Waals surface area contributed by atoms with Crippen LogP contribution in [-0.4, -0.2) is 57.4 Å². The second-order valence-corrected chi connectivity index (χ2v) is 7.37. The van der Waals surface area contributed by atoms with Crippen molar-refractivity contribution in [3.8, 4) is 5.75 Å². The molecule has 0 bridgehead atoms. The number of hydrogen-bond donors (Lipinski definition) is 1. The van der Waals surface area contributed by atoms with E-state index in [1.54, 1.807) is 0 Å². The molecule has 1 aliphatic heterocycles. The molecule has 1 heterocycles. The molecule has 1 N–H and O–H groups in total. The van der Waals surface area contributed by atoms with E-state index in [1.165, 1.54) is 24.8 Å². The third kappa shape index (κ3) is 9.96. The second kappa shape index (κ2) is 14.9. The van der Waals surface area contributed by atoms with Gasteiger partial charge in [0.25, 0.3) is 0 Å². The van der Waals surface area contributed by atoms with Gasteiger partial charge in [0, 0.05) is 39.9 Å². The molecular formula is C22H38IN3O2. The number of benzene rings is 1. The maximum Gasteiger partial charge on any atom is 0.193 e. The minimum Gasteiger partial charge on any atom is -0.494 e. The molecule has 1 aromatic rings. The van der Waals surface area contributed by atoms with E-state index in [0.717, 1.165) is 69.9 Å². The molecule has 0 aromatic heterocycles. The van der Waals surface area contributed by atoms with Gasteiger partial charge in [-0.3, -0.25) is 4.99 Å². The lowest BCUT2D eigenvalue weighted by Crippen LogP contribution is -2.40. The SMILES string of the molecule is CCNC(=NCCCCOc1ccc(C)cc1)N(C)CCC1CCOCC1.I. The number of ether oxygens (including phenoxy) is 2. The molecule has 1 aromatic carbocycles. The summed E-state index contributed by atoms with van der Waals surface area (Å²) < 4.78 is 11.2. The van der Waals surface area contributed by atoms with E-state index >= 15 is 0 Å². The molecule has 1 saturated heterocycles. The summed E-state index contributed by atoms with van der Waals surface area (Å²) in [5.74, 6) is 2.76. The fourth-order valence-corrected chi connectivity index (χ4v) is 3.21. The zero-order valence-electron chi connectivity index (χ0n) is 17.8. The third-order valence-corrected chi connectivity index (χ3v) is 5.01. The predicted octanol–water partition coefficient (Wildman–Crippen LogP) is 4.49. The molecule has 6 heteroatoms. The Morgan fingerprint density at radius 1 is 1.21 bits per heavy atom. The average Bonchev–Trinajstić information content (AvgIpc) is 2.70. The van der Waals surface area contributed by atoms with Gasteiger partial charge in [0.2, 0.25) is 0 Å². The van der Waals surface area contributed by atoms with Crippen molar-refractivity contribution >= 4 is 29.9 Å². The van der Waals surface area contributed by atoms with E-state index in [1.807, 2.05) is 12.1 Å². The molecule has 0 radical (unpaired) electrons. The molecular weight excluding hydrogens is 465 g/mol. The van der Waals surface area contributed by atoms with Crippen LogP contribution in [0.15, 0.2) is 29.3 Å². The number of halogens is 1. The Labute approximate surface area is 188 Å². The van der Waals surface area contributed by atoms with Crippen LogP contribution in [0.2, 0.25) is 0 Å². The van der Waals surface area contributed by atoms with E-state index < -0.39 is 0 Å². The van der Waals surface area contributed by atoms with Crippen molar-refractivity contribution in [2.45, 2.75) is 46.0 Å². The Kier molecular flexibility index (Phi) is 13.3. The second-order valence-electron chi connectivity index (χ2n) is 7.37. The number of rotatable bonds is 10. The molecule has 28 heavy (non-hydrogen) atoms. The highest BCUT2D eigenvalue weighted by molar-refractivity contribution is 14.0. The van der Waals surface area contributed by atoms with Gasteiger partial charge in [-0.15, -0.1) is 24.0 Å². The van der Waals surface area contributed by atoms with Crippen LogP contribution < -0.4 is 10.1 Å². The first-order valence-corrected chi connectivity index (χ1v) is 10.5. The van der Waals surface area contributed by atoms with Crippen molar-refractivity contribution in [3.63, 3.8) is 0 Å². The molecule has 0 spiro atoms. The summed E-state index contributed by atoms with van der Waals surface area (Å²) in [5, 5.41) is 3.41. The van der Waals surface area contributed by atoms with Crippen molar-refractivity contribution in [2.75, 3.05) is 46.5 Å². The van der Waals surface area contributed by atoms with E-state index in [0.29, 0.717) is 0 Å². The van der Waals surface area contributed by atoms with Gasteiger partial charge in [-0.2, -0.15) is 0 Å². The monoisotopic (exact) mass is 503 g/mol. The van der Waals surface area contributed by atoms with E-state index in [9.17, 15) is 0 Å². The van der Waals surface area contributed by atoms with E-state index in [4.69, 9.17) is 14.5 Å². The Balaban J connectivity index is 0.00000392. The summed E-state index contributed by atoms with van der Waals surface area (Å²) in [4.78, 5) is 7.05. The Morgan fingerprint density at radius 3 is 2.61 bits per heavy atom. The van der Waals surface area contributed by atoms with Gasteiger partial charge in [0.05, 0.1) is 6.61 Å². The molecule has 1 aliphatic rings. The number of unbranched alkanes of at least 4 members (excludes halogenated alkanes) is 1. The predicted molar refractivity (Wildman–Crippen MR) is 128 cm³/mol. The van der Waals surface area contributed by atoms with Crippen LogP contribution in [0.1, 0.15) is 44.6 Å². The van der Waals surface area contributed by atoms with Gasteiger partial charge >= 0.3 is 0 Å². The summed E-state index contributed by atoms with van der Waals surface area (Å²) in [6, 6.07) is 8.23. The maximum atomic E-state index is 5.78. The Hall–Kier alpha value is -1.02. The van der Waals surface area contributed by atoms with Crippen LogP contribution in [0.25, 0.3) is 0 Å². The zero-order chi connectivity index (χ0) is 19.3. The van der Waals surface area contributed by atoms with Gasteiger partial charge in [-0.25, -0.2) is 0 Å². The number of nitrogens with zero attached hydrogens (tertiary/aromatic N) is 2. The minimum atomic E-state index is 0. The van der Waals surface area contributed by atoms with Crippen molar-refractivity contribution in [1.29, 1.82) is 0 Å². The summed E-state index contributed by atoms with van der Waals surface area (Å²) in [6.07, 6.45) is 5.66. The Bertz CT molecular complexity index is 545. The van der Waals surface area contributed by atoms with Crippen LogP contribution in [0, 0.1) is 12.8 Å². The quantitative estimate of drug-likeness (QED) is 0.221. The molecule has 160 valence electrons. The number of nitrogens with one attached hydrogen (secondary N) is 1. The maximum absolute atomic E-state index is 5.78. The lowest BCUT2D eigenvalue weighted by molar-refractivity contribution is 0.0625. The number of hydrogen-bond acceptors (Lipinski definition) is 3. The minimum absolute atomic E-state index is 0. The number of guanidine groups is 1. The van der Waals surface area contributed by atoms with Crippen LogP contribution >= 0.6 is 24.0 Å². The van der Waals surface area contributed by atoms with Gasteiger partial charge in [-0.1, -0.05) is 17.7 Å². The highest BCUT2D eigenvalue weighted by Gasteiger charge is 2.15. The van der Waals surface area contributed by atoms with Crippen LogP contribution in [0.4, 0.5) is 0 Å². The van der Waals surface area contributed by atoms with Crippen molar-refractivity contribution in [1.82, 2.24) is 10.2 Å². The molecule has 0 saturated carbocycles. The standard InChI is InChI=1S/C22H37N3O2.HI/c1-4-23-22(25(3)15-11-20-12-17-26-18-13-20)24-14-5-6-16-27-21-9-7-19(2)8-10-21;/h7-10,20H,4-6,11-18H2,1-3H3,(H,23,24);1H. The zero-order valence-corrected chi connectivity index (χ0v) is 20.1. The van der Waals surface area contributed by atoms with Crippen molar-refractivity contribution < 1.29 is 9.47 Å². The fourth-order valence-electron chi connectivity index (χ4n) is 3.21. The fraction of sp³-hybridized carbons (Fsp3) is 0.682. The molecule has 0 atom stereocenters. The highest BCUT2D eigenvalue weighted by atomic mass is 127. The van der Waals surface area contributed by atoms with Crippen LogP contribution in [0.5, 0.6) is 5.75 Å². The number of aliphatic imine (C=N–C) groups is 1. The average molecular weight is 503 g/mol. The third-order valence-electron chi connectivity index (χ3n) is 5.01. The first kappa shape index (κ1) is 25.0. The molecule has 0 amide bonds. The molecule has 1 fully saturated rings. The lowest BCUT2D eigenvalue weighted by atomic mass is 9.96. The van der Waals surface area contributed by atoms with Gasteiger partial charge in [0.1, 0.15) is 5.75 Å². The Morgan fingerprint density at radius 2 is 1.93 bits per heavy atom. The summed E-state index contributed by atoms with van der Waals surface area (Å²) in [5.41, 5.74) is 1.26. The van der Waals surface area contributed by atoms with Crippen molar-refractivity contribution in [2.24, 2.45) is 10.9 Å². The van der Waals surface area contributed by atoms with Gasteiger partial charge in [0.15, 0.2) is 5.96 Å². The molecule has 2 rings (SSSR count). The molecule has 0 aliphatic carbocycles. The lowest BCUT2D eigenvalue weighted by Gasteiger charge is -2.26. The first-order valence-electron chi connectivity index (χ1n) is 10.5. The summed E-state index contributed by atoms with van der Waals surface area (Å²) in [7, 11) is 2.14.